The van der Waals surface area contributed by atoms with Gasteiger partial charge in [0.2, 0.25) is 0 Å². The molecule has 0 saturated carbocycles. The van der Waals surface area contributed by atoms with Gasteiger partial charge >= 0.3 is 6.18 Å². The number of methoxy groups -OCH3 is 2. The van der Waals surface area contributed by atoms with Crippen molar-refractivity contribution in [2.45, 2.75) is 32.5 Å². The average Bonchev–Trinajstić information content (AvgIpc) is 3.12. The average molecular weight is 478 g/mol. The molecule has 0 aliphatic carbocycles. The van der Waals surface area contributed by atoms with E-state index < -0.39 is 25.0 Å². The van der Waals surface area contributed by atoms with Gasteiger partial charge in [-0.3, -0.25) is 4.79 Å². The minimum Gasteiger partial charge on any atom is -0.497 e. The van der Waals surface area contributed by atoms with E-state index in [9.17, 15) is 22.4 Å². The Morgan fingerprint density at radius 3 is 2.47 bits per heavy atom. The lowest BCUT2D eigenvalue weighted by Gasteiger charge is -2.15. The minimum absolute atomic E-state index is 0.251. The number of rotatable bonds is 9. The molecule has 0 atom stereocenters. The maximum Gasteiger partial charge on any atom is 0.390 e. The number of aromatic nitrogens is 1. The molecule has 9 heteroatoms. The fraction of sp³-hybridized carbons (Fsp3) is 0.320. The molecule has 34 heavy (non-hydrogen) atoms. The van der Waals surface area contributed by atoms with Crippen LogP contribution in [0.4, 0.5) is 17.6 Å². The molecule has 0 aliphatic heterocycles. The summed E-state index contributed by atoms with van der Waals surface area (Å²) >= 11 is 0. The number of nitrogens with zero attached hydrogens (tertiary/aromatic N) is 1. The van der Waals surface area contributed by atoms with E-state index in [2.05, 4.69) is 5.32 Å². The van der Waals surface area contributed by atoms with Crippen LogP contribution in [0.2, 0.25) is 0 Å². The molecule has 5 nitrogen and oxygen atoms in total. The Labute approximate surface area is 195 Å². The fourth-order valence-corrected chi connectivity index (χ4v) is 3.75. The third kappa shape index (κ3) is 6.09. The zero-order chi connectivity index (χ0) is 24.9. The molecule has 0 saturated heterocycles. The van der Waals surface area contributed by atoms with E-state index in [1.54, 1.807) is 43.3 Å². The monoisotopic (exact) mass is 478 g/mol. The first kappa shape index (κ1) is 25.1. The molecule has 1 aromatic heterocycles. The standard InChI is InChI=1S/C25H26F4N2O3/c1-16-20(24(32)30-11-10-25(27,28)29)15-22(21-14-19(33-2)7-8-23(21)34-3)31(16)12-9-17-5-4-6-18(26)13-17/h4-8,13-15H,9-12H2,1-3H3,(H,30,32). The summed E-state index contributed by atoms with van der Waals surface area (Å²) in [5.41, 5.74) is 2.87. The van der Waals surface area contributed by atoms with Gasteiger partial charge in [-0.15, -0.1) is 0 Å². The molecular weight excluding hydrogens is 452 g/mol. The minimum atomic E-state index is -4.36. The Morgan fingerprint density at radius 2 is 1.82 bits per heavy atom. The van der Waals surface area contributed by atoms with Crippen molar-refractivity contribution < 1.29 is 31.8 Å². The van der Waals surface area contributed by atoms with Crippen LogP contribution in [0.1, 0.15) is 28.0 Å². The number of benzene rings is 2. The Kier molecular flexibility index (Phi) is 7.86. The Bertz CT molecular complexity index is 1160. The van der Waals surface area contributed by atoms with Crippen LogP contribution < -0.4 is 14.8 Å². The van der Waals surface area contributed by atoms with Crippen molar-refractivity contribution in [2.24, 2.45) is 0 Å². The van der Waals surface area contributed by atoms with Crippen molar-refractivity contribution in [3.8, 4) is 22.8 Å². The number of amides is 1. The third-order valence-electron chi connectivity index (χ3n) is 5.50. The maximum absolute atomic E-state index is 13.6. The maximum atomic E-state index is 13.6. The summed E-state index contributed by atoms with van der Waals surface area (Å²) < 4.78 is 63.9. The molecule has 1 heterocycles. The number of aryl methyl sites for hydroxylation is 1. The van der Waals surface area contributed by atoms with Gasteiger partial charge in [0.1, 0.15) is 17.3 Å². The van der Waals surface area contributed by atoms with Gasteiger partial charge in [0, 0.05) is 24.3 Å². The molecule has 2 aromatic carbocycles. The van der Waals surface area contributed by atoms with Crippen molar-refractivity contribution in [1.82, 2.24) is 9.88 Å². The molecule has 3 aromatic rings. The molecule has 182 valence electrons. The third-order valence-corrected chi connectivity index (χ3v) is 5.50. The molecule has 0 aliphatic rings. The molecule has 3 rings (SSSR count). The Hall–Kier alpha value is -3.49. The number of nitrogens with one attached hydrogen (secondary N) is 1. The molecule has 0 fully saturated rings. The SMILES string of the molecule is COc1ccc(OC)c(-c2cc(C(=O)NCCC(F)(F)F)c(C)n2CCc2cccc(F)c2)c1. The van der Waals surface area contributed by atoms with Crippen LogP contribution >= 0.6 is 0 Å². The van der Waals surface area contributed by atoms with Crippen molar-refractivity contribution >= 4 is 5.91 Å². The second-order valence-electron chi connectivity index (χ2n) is 7.75. The van der Waals surface area contributed by atoms with Gasteiger partial charge < -0.3 is 19.4 Å². The van der Waals surface area contributed by atoms with Crippen LogP contribution in [0.25, 0.3) is 11.3 Å². The van der Waals surface area contributed by atoms with Crippen LogP contribution in [-0.4, -0.2) is 37.4 Å². The van der Waals surface area contributed by atoms with Crippen LogP contribution in [0.15, 0.2) is 48.5 Å². The highest BCUT2D eigenvalue weighted by Gasteiger charge is 2.27. The summed E-state index contributed by atoms with van der Waals surface area (Å²) in [6, 6.07) is 13.1. The summed E-state index contributed by atoms with van der Waals surface area (Å²) in [5.74, 6) is 0.160. The van der Waals surface area contributed by atoms with Crippen LogP contribution in [-0.2, 0) is 13.0 Å². The van der Waals surface area contributed by atoms with Crippen LogP contribution in [0.5, 0.6) is 11.5 Å². The van der Waals surface area contributed by atoms with E-state index in [1.807, 2.05) is 4.57 Å². The molecule has 0 radical (unpaired) electrons. The lowest BCUT2D eigenvalue weighted by molar-refractivity contribution is -0.132. The quantitative estimate of drug-likeness (QED) is 0.411. The molecule has 0 unspecified atom stereocenters. The predicted molar refractivity (Wildman–Crippen MR) is 121 cm³/mol. The van der Waals surface area contributed by atoms with Gasteiger partial charge in [0.25, 0.3) is 5.91 Å². The molecular formula is C25H26F4N2O3. The zero-order valence-electron chi connectivity index (χ0n) is 19.1. The van der Waals surface area contributed by atoms with Gasteiger partial charge in [-0.05, 0) is 55.3 Å². The lowest BCUT2D eigenvalue weighted by Crippen LogP contribution is -2.28. The first-order valence-electron chi connectivity index (χ1n) is 10.6. The van der Waals surface area contributed by atoms with Crippen molar-refractivity contribution in [3.63, 3.8) is 0 Å². The second-order valence-corrected chi connectivity index (χ2v) is 7.75. The normalized spacial score (nSPS) is 11.4. The Balaban J connectivity index is 2.00. The lowest BCUT2D eigenvalue weighted by atomic mass is 10.1. The number of hydrogen-bond acceptors (Lipinski definition) is 3. The van der Waals surface area contributed by atoms with Gasteiger partial charge in [-0.25, -0.2) is 4.39 Å². The number of alkyl halides is 3. The van der Waals surface area contributed by atoms with E-state index in [0.717, 1.165) is 5.56 Å². The largest absolute Gasteiger partial charge is 0.497 e. The molecule has 0 bridgehead atoms. The number of halogens is 4. The highest BCUT2D eigenvalue weighted by atomic mass is 19.4. The topological polar surface area (TPSA) is 52.5 Å². The fourth-order valence-electron chi connectivity index (χ4n) is 3.75. The summed E-state index contributed by atoms with van der Waals surface area (Å²) in [5, 5.41) is 2.34. The first-order chi connectivity index (χ1) is 16.1. The number of hydrogen-bond donors (Lipinski definition) is 1. The van der Waals surface area contributed by atoms with E-state index >= 15 is 0 Å². The predicted octanol–water partition coefficient (Wildman–Crippen LogP) is 5.54. The van der Waals surface area contributed by atoms with Gasteiger partial charge in [-0.2, -0.15) is 13.2 Å². The van der Waals surface area contributed by atoms with E-state index in [0.29, 0.717) is 41.4 Å². The van der Waals surface area contributed by atoms with Gasteiger partial charge in [0.05, 0.1) is 31.9 Å². The summed E-state index contributed by atoms with van der Waals surface area (Å²) in [6.07, 6.45) is -5.01. The number of carbonyl (C=O) groups excluding carboxylic acids is 1. The van der Waals surface area contributed by atoms with Crippen molar-refractivity contribution in [2.75, 3.05) is 20.8 Å². The molecule has 0 spiro atoms. The molecule has 1 amide bonds. The second kappa shape index (κ2) is 10.6. The molecule has 1 N–H and O–H groups in total. The van der Waals surface area contributed by atoms with Crippen molar-refractivity contribution in [1.29, 1.82) is 0 Å². The number of ether oxygens (including phenoxy) is 2. The number of carbonyl (C=O) groups is 1. The Morgan fingerprint density at radius 1 is 1.06 bits per heavy atom. The van der Waals surface area contributed by atoms with E-state index in [1.165, 1.54) is 26.4 Å². The van der Waals surface area contributed by atoms with E-state index in [4.69, 9.17) is 9.47 Å². The highest BCUT2D eigenvalue weighted by molar-refractivity contribution is 5.97. The van der Waals surface area contributed by atoms with Crippen LogP contribution in [0, 0.1) is 12.7 Å². The van der Waals surface area contributed by atoms with Gasteiger partial charge in [-0.1, -0.05) is 12.1 Å². The van der Waals surface area contributed by atoms with Crippen LogP contribution in [0.3, 0.4) is 0 Å². The summed E-state index contributed by atoms with van der Waals surface area (Å²) in [4.78, 5) is 12.7. The zero-order valence-corrected chi connectivity index (χ0v) is 19.1. The summed E-state index contributed by atoms with van der Waals surface area (Å²) in [7, 11) is 3.04. The summed E-state index contributed by atoms with van der Waals surface area (Å²) in [6.45, 7) is 1.61. The van der Waals surface area contributed by atoms with Gasteiger partial charge in [0.15, 0.2) is 0 Å². The van der Waals surface area contributed by atoms with E-state index in [-0.39, 0.29) is 11.4 Å². The van der Waals surface area contributed by atoms with Crippen molar-refractivity contribution in [3.05, 3.63) is 71.2 Å². The first-order valence-corrected chi connectivity index (χ1v) is 10.6. The highest BCUT2D eigenvalue weighted by Crippen LogP contribution is 2.36. The smallest absolute Gasteiger partial charge is 0.390 e.